The Morgan fingerprint density at radius 2 is 2.00 bits per heavy atom. The van der Waals surface area contributed by atoms with E-state index in [1.165, 1.54) is 16.3 Å². The highest BCUT2D eigenvalue weighted by Crippen LogP contribution is 2.27. The molecular weight excluding hydrogens is 236 g/mol. The van der Waals surface area contributed by atoms with Gasteiger partial charge in [-0.2, -0.15) is 0 Å². The van der Waals surface area contributed by atoms with E-state index in [0.29, 0.717) is 0 Å². The Balaban J connectivity index is 2.46. The Morgan fingerprint density at radius 3 is 2.74 bits per heavy atom. The summed E-state index contributed by atoms with van der Waals surface area (Å²) in [5, 5.41) is 5.32. The first-order valence-electron chi connectivity index (χ1n) is 6.76. The Kier molecular flexibility index (Phi) is 4.53. The fourth-order valence-corrected chi connectivity index (χ4v) is 2.28. The first-order chi connectivity index (χ1) is 9.26. The summed E-state index contributed by atoms with van der Waals surface area (Å²) in [6.45, 7) is 2.18. The summed E-state index contributed by atoms with van der Waals surface area (Å²) in [5.74, 6) is -0.145. The minimum atomic E-state index is -0.145. The van der Waals surface area contributed by atoms with Gasteiger partial charge in [-0.15, -0.1) is 0 Å². The zero-order chi connectivity index (χ0) is 13.7. The van der Waals surface area contributed by atoms with E-state index in [-0.39, 0.29) is 12.5 Å². The van der Waals surface area contributed by atoms with Crippen LogP contribution in [0.5, 0.6) is 0 Å². The molecule has 2 rings (SSSR count). The molecular formula is C16H20N2O. The molecule has 0 aliphatic rings. The van der Waals surface area contributed by atoms with Crippen LogP contribution in [0.25, 0.3) is 10.8 Å². The maximum absolute atomic E-state index is 11.5. The van der Waals surface area contributed by atoms with E-state index in [1.807, 2.05) is 24.3 Å². The number of hydrogen-bond donors (Lipinski definition) is 2. The molecule has 0 aromatic heterocycles. The monoisotopic (exact) mass is 256 g/mol. The lowest BCUT2D eigenvalue weighted by molar-refractivity contribution is -0.114. The highest BCUT2D eigenvalue weighted by atomic mass is 16.1. The van der Waals surface area contributed by atoms with Crippen LogP contribution in [0.3, 0.4) is 0 Å². The lowest BCUT2D eigenvalue weighted by Crippen LogP contribution is -2.22. The number of unbranched alkanes of at least 4 members (excludes halogenated alkanes) is 1. The van der Waals surface area contributed by atoms with Crippen LogP contribution in [0.15, 0.2) is 36.4 Å². The molecule has 0 atom stereocenters. The molecule has 19 heavy (non-hydrogen) atoms. The summed E-state index contributed by atoms with van der Waals surface area (Å²) >= 11 is 0. The maximum atomic E-state index is 11.5. The van der Waals surface area contributed by atoms with Crippen molar-refractivity contribution >= 4 is 22.4 Å². The van der Waals surface area contributed by atoms with Gasteiger partial charge in [0.25, 0.3) is 0 Å². The molecule has 0 spiro atoms. The molecule has 0 bridgehead atoms. The van der Waals surface area contributed by atoms with Gasteiger partial charge in [-0.1, -0.05) is 43.7 Å². The number of fused-ring (bicyclic) bond motifs is 1. The minimum Gasteiger partial charge on any atom is -0.325 e. The number of carbonyl (C=O) groups excluding carboxylic acids is 1. The third-order valence-corrected chi connectivity index (χ3v) is 3.28. The largest absolute Gasteiger partial charge is 0.325 e. The van der Waals surface area contributed by atoms with Gasteiger partial charge >= 0.3 is 0 Å². The van der Waals surface area contributed by atoms with Crippen molar-refractivity contribution in [2.24, 2.45) is 5.73 Å². The van der Waals surface area contributed by atoms with Crippen LogP contribution in [0.1, 0.15) is 25.3 Å². The van der Waals surface area contributed by atoms with Crippen molar-refractivity contribution in [3.05, 3.63) is 42.0 Å². The fraction of sp³-hybridized carbons (Fsp3) is 0.312. The third-order valence-electron chi connectivity index (χ3n) is 3.28. The van der Waals surface area contributed by atoms with Crippen molar-refractivity contribution in [1.82, 2.24) is 0 Å². The van der Waals surface area contributed by atoms with Gasteiger partial charge < -0.3 is 11.1 Å². The quantitative estimate of drug-likeness (QED) is 0.863. The van der Waals surface area contributed by atoms with Crippen molar-refractivity contribution in [2.75, 3.05) is 11.9 Å². The van der Waals surface area contributed by atoms with Crippen molar-refractivity contribution in [1.29, 1.82) is 0 Å². The molecule has 3 heteroatoms. The Morgan fingerprint density at radius 1 is 1.21 bits per heavy atom. The van der Waals surface area contributed by atoms with E-state index >= 15 is 0 Å². The number of hydrogen-bond acceptors (Lipinski definition) is 2. The third kappa shape index (κ3) is 3.12. The van der Waals surface area contributed by atoms with E-state index in [4.69, 9.17) is 5.73 Å². The predicted molar refractivity (Wildman–Crippen MR) is 80.2 cm³/mol. The summed E-state index contributed by atoms with van der Waals surface area (Å²) in [6, 6.07) is 12.3. The van der Waals surface area contributed by atoms with E-state index in [9.17, 15) is 4.79 Å². The predicted octanol–water partition coefficient (Wildman–Crippen LogP) is 3.08. The average molecular weight is 256 g/mol. The van der Waals surface area contributed by atoms with Crippen molar-refractivity contribution in [3.63, 3.8) is 0 Å². The summed E-state index contributed by atoms with van der Waals surface area (Å²) in [6.07, 6.45) is 3.21. The van der Waals surface area contributed by atoms with Crippen LogP contribution >= 0.6 is 0 Å². The summed E-state index contributed by atoms with van der Waals surface area (Å²) < 4.78 is 0. The molecule has 3 nitrogen and oxygen atoms in total. The first kappa shape index (κ1) is 13.6. The molecule has 0 fully saturated rings. The number of aryl methyl sites for hydroxylation is 1. The average Bonchev–Trinajstić information content (AvgIpc) is 2.45. The molecule has 0 radical (unpaired) electrons. The van der Waals surface area contributed by atoms with Gasteiger partial charge in [0, 0.05) is 5.69 Å². The van der Waals surface area contributed by atoms with Crippen LogP contribution in [0.4, 0.5) is 5.69 Å². The number of carbonyl (C=O) groups is 1. The first-order valence-corrected chi connectivity index (χ1v) is 6.76. The molecule has 0 unspecified atom stereocenters. The molecule has 3 N–H and O–H groups in total. The Hall–Kier alpha value is -1.87. The molecule has 0 saturated heterocycles. The highest BCUT2D eigenvalue weighted by Gasteiger charge is 2.09. The van der Waals surface area contributed by atoms with Gasteiger partial charge in [0.2, 0.25) is 5.91 Å². The second-order valence-electron chi connectivity index (χ2n) is 4.67. The summed E-state index contributed by atoms with van der Waals surface area (Å²) in [4.78, 5) is 11.5. The smallest absolute Gasteiger partial charge is 0.238 e. The van der Waals surface area contributed by atoms with Crippen LogP contribution in [-0.4, -0.2) is 12.5 Å². The molecule has 0 saturated carbocycles. The van der Waals surface area contributed by atoms with E-state index in [0.717, 1.165) is 24.9 Å². The zero-order valence-corrected chi connectivity index (χ0v) is 11.3. The molecule has 1 amide bonds. The standard InChI is InChI=1S/C16H20N2O/c1-2-3-7-14-13-8-5-4-6-12(13)9-10-15(14)18-16(19)11-17/h4-6,8-10H,2-3,7,11,17H2,1H3,(H,18,19). The second-order valence-corrected chi connectivity index (χ2v) is 4.67. The number of anilines is 1. The minimum absolute atomic E-state index is 0.0139. The Bertz CT molecular complexity index is 578. The van der Waals surface area contributed by atoms with Crippen molar-refractivity contribution < 1.29 is 4.79 Å². The van der Waals surface area contributed by atoms with Gasteiger partial charge in [0.05, 0.1) is 6.54 Å². The number of nitrogens with two attached hydrogens (primary N) is 1. The van der Waals surface area contributed by atoms with Gasteiger partial charge in [-0.05, 0) is 35.2 Å². The van der Waals surface area contributed by atoms with Crippen molar-refractivity contribution in [3.8, 4) is 0 Å². The van der Waals surface area contributed by atoms with Gasteiger partial charge in [-0.3, -0.25) is 4.79 Å². The molecule has 0 heterocycles. The molecule has 2 aromatic carbocycles. The number of nitrogens with one attached hydrogen (secondary N) is 1. The molecule has 100 valence electrons. The van der Waals surface area contributed by atoms with Crippen LogP contribution in [0, 0.1) is 0 Å². The van der Waals surface area contributed by atoms with Crippen LogP contribution < -0.4 is 11.1 Å². The van der Waals surface area contributed by atoms with Gasteiger partial charge in [0.15, 0.2) is 0 Å². The number of amides is 1. The highest BCUT2D eigenvalue weighted by molar-refractivity contribution is 5.97. The van der Waals surface area contributed by atoms with E-state index in [1.54, 1.807) is 0 Å². The van der Waals surface area contributed by atoms with Gasteiger partial charge in [-0.25, -0.2) is 0 Å². The van der Waals surface area contributed by atoms with Crippen LogP contribution in [-0.2, 0) is 11.2 Å². The zero-order valence-electron chi connectivity index (χ0n) is 11.3. The van der Waals surface area contributed by atoms with E-state index < -0.39 is 0 Å². The number of rotatable bonds is 5. The van der Waals surface area contributed by atoms with Gasteiger partial charge in [0.1, 0.15) is 0 Å². The van der Waals surface area contributed by atoms with E-state index in [2.05, 4.69) is 24.4 Å². The summed E-state index contributed by atoms with van der Waals surface area (Å²) in [7, 11) is 0. The normalized spacial score (nSPS) is 10.6. The topological polar surface area (TPSA) is 55.1 Å². The lowest BCUT2D eigenvalue weighted by atomic mass is 9.98. The summed E-state index contributed by atoms with van der Waals surface area (Å²) in [5.41, 5.74) is 7.47. The number of benzene rings is 2. The van der Waals surface area contributed by atoms with Crippen LogP contribution in [0.2, 0.25) is 0 Å². The van der Waals surface area contributed by atoms with Crippen molar-refractivity contribution in [2.45, 2.75) is 26.2 Å². The maximum Gasteiger partial charge on any atom is 0.238 e. The molecule has 2 aromatic rings. The SMILES string of the molecule is CCCCc1c(NC(=O)CN)ccc2ccccc12. The fourth-order valence-electron chi connectivity index (χ4n) is 2.28. The molecule has 0 aliphatic carbocycles. The lowest BCUT2D eigenvalue weighted by Gasteiger charge is -2.13. The Labute approximate surface area is 113 Å². The second kappa shape index (κ2) is 6.34. The molecule has 0 aliphatic heterocycles.